The third kappa shape index (κ3) is 3.06. The fourth-order valence-corrected chi connectivity index (χ4v) is 2.60. The van der Waals surface area contributed by atoms with E-state index in [4.69, 9.17) is 16.1 Å². The second kappa shape index (κ2) is 6.64. The molecule has 0 saturated heterocycles. The van der Waals surface area contributed by atoms with Crippen molar-refractivity contribution in [3.63, 3.8) is 0 Å². The minimum Gasteiger partial charge on any atom is -0.364 e. The summed E-state index contributed by atoms with van der Waals surface area (Å²) in [6, 6.07) is 8.03. The van der Waals surface area contributed by atoms with Crippen LogP contribution in [-0.4, -0.2) is 24.9 Å². The Morgan fingerprint density at radius 3 is 2.69 bits per heavy atom. The van der Waals surface area contributed by atoms with E-state index in [1.165, 1.54) is 17.0 Å². The molecule has 0 radical (unpaired) electrons. The Kier molecular flexibility index (Phi) is 4.18. The van der Waals surface area contributed by atoms with Crippen LogP contribution in [0.4, 0.5) is 8.78 Å². The number of aromatic nitrogens is 5. The van der Waals surface area contributed by atoms with Crippen molar-refractivity contribution in [1.82, 2.24) is 24.9 Å². The van der Waals surface area contributed by atoms with Gasteiger partial charge in [0.25, 0.3) is 0 Å². The van der Waals surface area contributed by atoms with Gasteiger partial charge in [0.05, 0.1) is 18.3 Å². The van der Waals surface area contributed by atoms with Crippen LogP contribution in [0.2, 0.25) is 5.15 Å². The average Bonchev–Trinajstić information content (AvgIpc) is 3.29. The lowest BCUT2D eigenvalue weighted by Gasteiger charge is -2.03. The van der Waals surface area contributed by atoms with Crippen molar-refractivity contribution in [3.05, 3.63) is 71.3 Å². The molecule has 26 heavy (non-hydrogen) atoms. The van der Waals surface area contributed by atoms with Crippen LogP contribution in [0.1, 0.15) is 5.56 Å². The summed E-state index contributed by atoms with van der Waals surface area (Å²) in [5.41, 5.74) is 1.84. The summed E-state index contributed by atoms with van der Waals surface area (Å²) in [6.45, 7) is 0.187. The molecule has 130 valence electrons. The van der Waals surface area contributed by atoms with Gasteiger partial charge in [-0.25, -0.2) is 18.7 Å². The van der Waals surface area contributed by atoms with Crippen molar-refractivity contribution in [2.75, 3.05) is 0 Å². The number of nitrogens with zero attached hydrogens (tertiary/aromatic N) is 5. The summed E-state index contributed by atoms with van der Waals surface area (Å²) >= 11 is 5.75. The van der Waals surface area contributed by atoms with Gasteiger partial charge in [0, 0.05) is 17.8 Å². The van der Waals surface area contributed by atoms with Crippen molar-refractivity contribution in [2.24, 2.45) is 0 Å². The van der Waals surface area contributed by atoms with Gasteiger partial charge in [-0.3, -0.25) is 4.68 Å². The van der Waals surface area contributed by atoms with Crippen molar-refractivity contribution in [2.45, 2.75) is 6.54 Å². The summed E-state index contributed by atoms with van der Waals surface area (Å²) in [4.78, 5) is 7.86. The summed E-state index contributed by atoms with van der Waals surface area (Å²) in [7, 11) is 0. The standard InChI is InChI=1S/C17H10ClF2N5O/c18-16-13(20)7-21-17(22-16)15-11(14-5-6-26-24-14)9-25(23-15)8-10-3-1-2-4-12(10)19/h1-7,9H,8H2. The van der Waals surface area contributed by atoms with Crippen LogP contribution in [-0.2, 0) is 6.54 Å². The van der Waals surface area contributed by atoms with Gasteiger partial charge in [0.1, 0.15) is 23.5 Å². The fourth-order valence-electron chi connectivity index (χ4n) is 2.47. The Balaban J connectivity index is 1.80. The highest BCUT2D eigenvalue weighted by Gasteiger charge is 2.19. The van der Waals surface area contributed by atoms with Crippen LogP contribution in [0, 0.1) is 11.6 Å². The molecule has 9 heteroatoms. The zero-order chi connectivity index (χ0) is 18.1. The minimum absolute atomic E-state index is 0.127. The molecule has 6 nitrogen and oxygen atoms in total. The Hall–Kier alpha value is -3.13. The third-order valence-corrected chi connectivity index (χ3v) is 3.94. The number of hydrogen-bond acceptors (Lipinski definition) is 5. The van der Waals surface area contributed by atoms with E-state index in [9.17, 15) is 8.78 Å². The van der Waals surface area contributed by atoms with Crippen LogP contribution in [0.3, 0.4) is 0 Å². The second-order valence-corrected chi connectivity index (χ2v) is 5.76. The Labute approximate surface area is 151 Å². The molecular weight excluding hydrogens is 364 g/mol. The first kappa shape index (κ1) is 16.3. The van der Waals surface area contributed by atoms with E-state index in [0.29, 0.717) is 22.5 Å². The second-order valence-electron chi connectivity index (χ2n) is 5.40. The predicted molar refractivity (Wildman–Crippen MR) is 89.2 cm³/mol. The van der Waals surface area contributed by atoms with Crippen LogP contribution in [0.15, 0.2) is 53.5 Å². The van der Waals surface area contributed by atoms with Gasteiger partial charge in [-0.2, -0.15) is 5.10 Å². The minimum atomic E-state index is -0.732. The summed E-state index contributed by atoms with van der Waals surface area (Å²) < 4.78 is 33.7. The van der Waals surface area contributed by atoms with E-state index >= 15 is 0 Å². The topological polar surface area (TPSA) is 69.6 Å². The molecule has 0 saturated carbocycles. The molecule has 0 aliphatic heterocycles. The first-order valence-electron chi connectivity index (χ1n) is 7.52. The van der Waals surface area contributed by atoms with Crippen LogP contribution in [0.5, 0.6) is 0 Å². The lowest BCUT2D eigenvalue weighted by atomic mass is 10.2. The van der Waals surface area contributed by atoms with Crippen LogP contribution < -0.4 is 0 Å². The Bertz CT molecular complexity index is 1060. The normalized spacial score (nSPS) is 11.0. The molecular formula is C17H10ClF2N5O. The van der Waals surface area contributed by atoms with Gasteiger partial charge >= 0.3 is 0 Å². The number of benzene rings is 1. The highest BCUT2D eigenvalue weighted by molar-refractivity contribution is 6.29. The smallest absolute Gasteiger partial charge is 0.182 e. The van der Waals surface area contributed by atoms with Gasteiger partial charge in [0.15, 0.2) is 16.8 Å². The molecule has 4 aromatic rings. The van der Waals surface area contributed by atoms with E-state index in [0.717, 1.165) is 6.20 Å². The summed E-state index contributed by atoms with van der Waals surface area (Å²) in [5, 5.41) is 7.98. The molecule has 3 aromatic heterocycles. The fraction of sp³-hybridized carbons (Fsp3) is 0.0588. The first-order chi connectivity index (χ1) is 12.6. The molecule has 0 spiro atoms. The van der Waals surface area contributed by atoms with Gasteiger partial charge in [-0.15, -0.1) is 0 Å². The molecule has 0 amide bonds. The van der Waals surface area contributed by atoms with Crippen molar-refractivity contribution < 1.29 is 13.3 Å². The van der Waals surface area contributed by atoms with Gasteiger partial charge < -0.3 is 4.52 Å². The average molecular weight is 374 g/mol. The number of rotatable bonds is 4. The molecule has 0 atom stereocenters. The molecule has 3 heterocycles. The summed E-state index contributed by atoms with van der Waals surface area (Å²) in [5.74, 6) is -0.945. The molecule has 0 N–H and O–H groups in total. The molecule has 0 aliphatic rings. The monoisotopic (exact) mass is 373 g/mol. The molecule has 0 fully saturated rings. The SMILES string of the molecule is Fc1ccccc1Cn1cc(-c2ccon2)c(-c2ncc(F)c(Cl)n2)n1. The Morgan fingerprint density at radius 2 is 1.96 bits per heavy atom. The van der Waals surface area contributed by atoms with Crippen LogP contribution >= 0.6 is 11.6 Å². The van der Waals surface area contributed by atoms with E-state index < -0.39 is 5.82 Å². The van der Waals surface area contributed by atoms with E-state index in [1.807, 2.05) is 0 Å². The quantitative estimate of drug-likeness (QED) is 0.506. The highest BCUT2D eigenvalue weighted by Crippen LogP contribution is 2.29. The van der Waals surface area contributed by atoms with Gasteiger partial charge in [0.2, 0.25) is 0 Å². The van der Waals surface area contributed by atoms with Gasteiger partial charge in [-0.1, -0.05) is 35.0 Å². The van der Waals surface area contributed by atoms with Crippen molar-refractivity contribution in [1.29, 1.82) is 0 Å². The van der Waals surface area contributed by atoms with Gasteiger partial charge in [-0.05, 0) is 6.07 Å². The number of hydrogen-bond donors (Lipinski definition) is 0. The molecule has 4 rings (SSSR count). The lowest BCUT2D eigenvalue weighted by molar-refractivity contribution is 0.422. The number of halogens is 3. The van der Waals surface area contributed by atoms with Crippen LogP contribution in [0.25, 0.3) is 22.8 Å². The zero-order valence-corrected chi connectivity index (χ0v) is 13.9. The van der Waals surface area contributed by atoms with E-state index in [2.05, 4.69) is 20.2 Å². The van der Waals surface area contributed by atoms with E-state index in [-0.39, 0.29) is 23.3 Å². The lowest BCUT2D eigenvalue weighted by Crippen LogP contribution is -2.03. The van der Waals surface area contributed by atoms with Crippen molar-refractivity contribution >= 4 is 11.6 Å². The Morgan fingerprint density at radius 1 is 1.12 bits per heavy atom. The molecule has 1 aromatic carbocycles. The zero-order valence-electron chi connectivity index (χ0n) is 13.1. The largest absolute Gasteiger partial charge is 0.364 e. The highest BCUT2D eigenvalue weighted by atomic mass is 35.5. The maximum absolute atomic E-state index is 13.9. The maximum atomic E-state index is 13.9. The molecule has 0 unspecified atom stereocenters. The predicted octanol–water partition coefficient (Wildman–Crippen LogP) is 3.98. The van der Waals surface area contributed by atoms with E-state index in [1.54, 1.807) is 30.5 Å². The first-order valence-corrected chi connectivity index (χ1v) is 7.89. The van der Waals surface area contributed by atoms with Crippen molar-refractivity contribution in [3.8, 4) is 22.8 Å². The maximum Gasteiger partial charge on any atom is 0.182 e. The molecule has 0 aliphatic carbocycles. The molecule has 0 bridgehead atoms. The summed E-state index contributed by atoms with van der Waals surface area (Å²) in [6.07, 6.45) is 4.04. The third-order valence-electron chi connectivity index (χ3n) is 3.68.